The third-order valence-electron chi connectivity index (χ3n) is 11.1. The maximum absolute atomic E-state index is 15.5. The summed E-state index contributed by atoms with van der Waals surface area (Å²) in [6, 6.07) is 13.4. The summed E-state index contributed by atoms with van der Waals surface area (Å²) in [5, 5.41) is 0. The summed E-state index contributed by atoms with van der Waals surface area (Å²) < 4.78 is 61.0. The van der Waals surface area contributed by atoms with Crippen molar-refractivity contribution >= 4 is 0 Å². The van der Waals surface area contributed by atoms with Crippen molar-refractivity contribution in [2.45, 2.75) is 122 Å². The molecule has 2 aliphatic carbocycles. The van der Waals surface area contributed by atoms with Crippen molar-refractivity contribution in [3.8, 4) is 22.3 Å². The average molecular weight is 633 g/mol. The van der Waals surface area contributed by atoms with Crippen molar-refractivity contribution in [3.63, 3.8) is 0 Å². The number of rotatable bonds is 14. The molecule has 5 rings (SSSR count). The second kappa shape index (κ2) is 16.8. The van der Waals surface area contributed by atoms with E-state index in [0.29, 0.717) is 34.6 Å². The van der Waals surface area contributed by atoms with E-state index < -0.39 is 23.3 Å². The SMILES string of the molecule is C=CCCC1CCC(C2CCC(c3ccc(-c4ccc(-c5ccc(CCCCCCCC)c(F)c5F)cc4)c(F)c3F)CC2)CC1. The van der Waals surface area contributed by atoms with Gasteiger partial charge in [-0.15, -0.1) is 6.58 Å². The summed E-state index contributed by atoms with van der Waals surface area (Å²) >= 11 is 0. The quantitative estimate of drug-likeness (QED) is 0.0942. The maximum atomic E-state index is 15.5. The van der Waals surface area contributed by atoms with Crippen LogP contribution in [0.5, 0.6) is 0 Å². The summed E-state index contributed by atoms with van der Waals surface area (Å²) in [5.41, 5.74) is 2.28. The number of hydrogen-bond donors (Lipinski definition) is 0. The van der Waals surface area contributed by atoms with Gasteiger partial charge in [0.1, 0.15) is 0 Å². The molecular formula is C42H52F4. The van der Waals surface area contributed by atoms with Crippen molar-refractivity contribution in [2.75, 3.05) is 0 Å². The highest BCUT2D eigenvalue weighted by molar-refractivity contribution is 5.71. The lowest BCUT2D eigenvalue weighted by Crippen LogP contribution is -2.25. The van der Waals surface area contributed by atoms with Gasteiger partial charge in [-0.25, -0.2) is 17.6 Å². The highest BCUT2D eigenvalue weighted by atomic mass is 19.2. The Morgan fingerprint density at radius 1 is 0.609 bits per heavy atom. The predicted octanol–water partition coefficient (Wildman–Crippen LogP) is 13.5. The summed E-state index contributed by atoms with van der Waals surface area (Å²) in [6.07, 6.45) is 20.7. The molecule has 0 amide bonds. The molecule has 0 unspecified atom stereocenters. The zero-order chi connectivity index (χ0) is 32.5. The van der Waals surface area contributed by atoms with Crippen LogP contribution in [0.2, 0.25) is 0 Å². The molecule has 248 valence electrons. The van der Waals surface area contributed by atoms with Crippen LogP contribution in [0.15, 0.2) is 61.2 Å². The van der Waals surface area contributed by atoms with E-state index in [-0.39, 0.29) is 17.0 Å². The van der Waals surface area contributed by atoms with Crippen LogP contribution in [0.4, 0.5) is 17.6 Å². The molecule has 3 aromatic rings. The molecule has 0 bridgehead atoms. The van der Waals surface area contributed by atoms with Crippen LogP contribution < -0.4 is 0 Å². The van der Waals surface area contributed by atoms with Crippen molar-refractivity contribution in [3.05, 3.63) is 95.6 Å². The molecule has 0 radical (unpaired) electrons. The largest absolute Gasteiger partial charge is 0.203 e. The fourth-order valence-corrected chi connectivity index (χ4v) is 8.24. The molecule has 46 heavy (non-hydrogen) atoms. The minimum Gasteiger partial charge on any atom is -0.203 e. The monoisotopic (exact) mass is 632 g/mol. The van der Waals surface area contributed by atoms with Crippen LogP contribution in [0.25, 0.3) is 22.3 Å². The molecule has 2 aliphatic rings. The van der Waals surface area contributed by atoms with Crippen molar-refractivity contribution < 1.29 is 17.6 Å². The molecule has 0 spiro atoms. The second-order valence-electron chi connectivity index (χ2n) is 14.1. The van der Waals surface area contributed by atoms with Gasteiger partial charge in [0.2, 0.25) is 0 Å². The van der Waals surface area contributed by atoms with Crippen molar-refractivity contribution in [1.29, 1.82) is 0 Å². The number of benzene rings is 3. The number of halogens is 4. The second-order valence-corrected chi connectivity index (χ2v) is 14.1. The molecule has 2 saturated carbocycles. The lowest BCUT2D eigenvalue weighted by molar-refractivity contribution is 0.156. The topological polar surface area (TPSA) is 0 Å². The van der Waals surface area contributed by atoms with Gasteiger partial charge < -0.3 is 0 Å². The van der Waals surface area contributed by atoms with Gasteiger partial charge in [0, 0.05) is 11.1 Å². The number of allylic oxidation sites excluding steroid dienone is 1. The summed E-state index contributed by atoms with van der Waals surface area (Å²) in [4.78, 5) is 0. The third-order valence-corrected chi connectivity index (χ3v) is 11.1. The van der Waals surface area contributed by atoms with E-state index in [1.165, 1.54) is 51.4 Å². The van der Waals surface area contributed by atoms with Crippen LogP contribution in [0.1, 0.15) is 127 Å². The summed E-state index contributed by atoms with van der Waals surface area (Å²) in [5.74, 6) is -0.856. The van der Waals surface area contributed by atoms with Crippen molar-refractivity contribution in [2.24, 2.45) is 17.8 Å². The van der Waals surface area contributed by atoms with E-state index in [1.807, 2.05) is 6.08 Å². The molecule has 2 fully saturated rings. The Hall–Kier alpha value is -2.88. The van der Waals surface area contributed by atoms with Crippen LogP contribution in [-0.2, 0) is 6.42 Å². The van der Waals surface area contributed by atoms with Crippen molar-refractivity contribution in [1.82, 2.24) is 0 Å². The zero-order valence-electron chi connectivity index (χ0n) is 27.7. The Morgan fingerprint density at radius 3 is 1.76 bits per heavy atom. The molecule has 0 saturated heterocycles. The first-order valence-electron chi connectivity index (χ1n) is 18.1. The van der Waals surface area contributed by atoms with Gasteiger partial charge in [-0.3, -0.25) is 0 Å². The van der Waals surface area contributed by atoms with Gasteiger partial charge in [0.05, 0.1) is 0 Å². The van der Waals surface area contributed by atoms with Crippen LogP contribution in [-0.4, -0.2) is 0 Å². The van der Waals surface area contributed by atoms with E-state index in [0.717, 1.165) is 63.2 Å². The fraction of sp³-hybridized carbons (Fsp3) is 0.524. The normalized spacial score (nSPS) is 21.8. The van der Waals surface area contributed by atoms with E-state index >= 15 is 13.2 Å². The Labute approximate surface area is 274 Å². The summed E-state index contributed by atoms with van der Waals surface area (Å²) in [6.45, 7) is 6.03. The van der Waals surface area contributed by atoms with Gasteiger partial charge in [0.25, 0.3) is 0 Å². The van der Waals surface area contributed by atoms with E-state index in [9.17, 15) is 4.39 Å². The molecular weight excluding hydrogens is 580 g/mol. The Kier molecular flexibility index (Phi) is 12.6. The first kappa shape index (κ1) is 34.5. The van der Waals surface area contributed by atoms with Gasteiger partial charge in [0.15, 0.2) is 23.3 Å². The van der Waals surface area contributed by atoms with Gasteiger partial charge in [-0.1, -0.05) is 106 Å². The molecule has 0 heterocycles. The van der Waals surface area contributed by atoms with E-state index in [1.54, 1.807) is 48.5 Å². The maximum Gasteiger partial charge on any atom is 0.166 e. The Balaban J connectivity index is 1.18. The van der Waals surface area contributed by atoms with Gasteiger partial charge in [-0.2, -0.15) is 0 Å². The molecule has 0 atom stereocenters. The fourth-order valence-electron chi connectivity index (χ4n) is 8.24. The molecule has 0 aliphatic heterocycles. The predicted molar refractivity (Wildman–Crippen MR) is 184 cm³/mol. The number of aryl methyl sites for hydroxylation is 1. The average Bonchev–Trinajstić information content (AvgIpc) is 3.09. The number of hydrogen-bond acceptors (Lipinski definition) is 0. The highest BCUT2D eigenvalue weighted by Gasteiger charge is 2.32. The molecule has 0 nitrogen and oxygen atoms in total. The van der Waals surface area contributed by atoms with E-state index in [4.69, 9.17) is 0 Å². The first-order valence-corrected chi connectivity index (χ1v) is 18.1. The molecule has 0 N–H and O–H groups in total. The zero-order valence-corrected chi connectivity index (χ0v) is 27.7. The standard InChI is InChI=1S/C42H52F4/c1-3-5-7-8-9-10-12-35-25-26-36(40(44)39(35)43)33-21-23-34(24-22-33)38-28-27-37(41(45)42(38)46)32-19-17-31(18-20-32)30-15-13-29(14-16-30)11-6-4-2/h4,21-32H,2-3,5-20H2,1H3. The minimum absolute atomic E-state index is 0.0491. The minimum atomic E-state index is -0.858. The van der Waals surface area contributed by atoms with Crippen LogP contribution >= 0.6 is 0 Å². The first-order chi connectivity index (χ1) is 22.4. The van der Waals surface area contributed by atoms with Crippen LogP contribution in [0.3, 0.4) is 0 Å². The Bertz CT molecular complexity index is 1410. The molecule has 4 heteroatoms. The highest BCUT2D eigenvalue weighted by Crippen LogP contribution is 2.45. The van der Waals surface area contributed by atoms with E-state index in [2.05, 4.69) is 13.5 Å². The lowest BCUT2D eigenvalue weighted by Gasteiger charge is -2.38. The van der Waals surface area contributed by atoms with Crippen LogP contribution in [0, 0.1) is 41.0 Å². The smallest absolute Gasteiger partial charge is 0.166 e. The molecule has 0 aromatic heterocycles. The van der Waals surface area contributed by atoms with Gasteiger partial charge >= 0.3 is 0 Å². The molecule has 3 aromatic carbocycles. The third kappa shape index (κ3) is 8.33. The summed E-state index contributed by atoms with van der Waals surface area (Å²) in [7, 11) is 0. The Morgan fingerprint density at radius 2 is 1.15 bits per heavy atom. The lowest BCUT2D eigenvalue weighted by atomic mass is 9.68. The number of unbranched alkanes of at least 4 members (excludes halogenated alkanes) is 5. The van der Waals surface area contributed by atoms with Gasteiger partial charge in [-0.05, 0) is 110 Å².